The first-order valence-electron chi connectivity index (χ1n) is 7.72. The number of aromatic nitrogens is 2. The van der Waals surface area contributed by atoms with E-state index in [-0.39, 0.29) is 24.2 Å². The summed E-state index contributed by atoms with van der Waals surface area (Å²) in [6.45, 7) is 1.94. The number of benzene rings is 1. The summed E-state index contributed by atoms with van der Waals surface area (Å²) in [5.74, 6) is 0.0342. The third-order valence-corrected chi connectivity index (χ3v) is 3.78. The molecule has 0 spiro atoms. The number of hydrogen-bond donors (Lipinski definition) is 1. The smallest absolute Gasteiger partial charge is 0.227 e. The van der Waals surface area contributed by atoms with Gasteiger partial charge in [-0.05, 0) is 54.4 Å². The van der Waals surface area contributed by atoms with Crippen LogP contribution in [0.25, 0.3) is 0 Å². The van der Waals surface area contributed by atoms with Crippen LogP contribution in [0, 0.1) is 12.7 Å². The Morgan fingerprint density at radius 1 is 1.21 bits per heavy atom. The molecule has 1 aromatic carbocycles. The van der Waals surface area contributed by atoms with Crippen molar-refractivity contribution >= 4 is 11.7 Å². The number of halogens is 1. The van der Waals surface area contributed by atoms with Crippen molar-refractivity contribution in [2.45, 2.75) is 19.4 Å². The average Bonchev–Trinajstić information content (AvgIpc) is 3.07. The fourth-order valence-electron chi connectivity index (χ4n) is 2.64. The second-order valence-corrected chi connectivity index (χ2v) is 5.67. The molecule has 1 N–H and O–H groups in total. The normalized spacial score (nSPS) is 11.9. The van der Waals surface area contributed by atoms with E-state index < -0.39 is 0 Å². The van der Waals surface area contributed by atoms with Crippen LogP contribution in [0.3, 0.4) is 0 Å². The van der Waals surface area contributed by atoms with Gasteiger partial charge in [-0.1, -0.05) is 12.1 Å². The minimum atomic E-state index is -0.314. The largest absolute Gasteiger partial charge is 0.346 e. The van der Waals surface area contributed by atoms with E-state index in [9.17, 15) is 9.18 Å². The topological polar surface area (TPSA) is 46.9 Å². The molecule has 3 aromatic rings. The van der Waals surface area contributed by atoms with Crippen molar-refractivity contribution in [1.82, 2.24) is 9.55 Å². The predicted molar refractivity (Wildman–Crippen MR) is 91.2 cm³/mol. The minimum Gasteiger partial charge on any atom is -0.346 e. The van der Waals surface area contributed by atoms with E-state index in [4.69, 9.17) is 0 Å². The maximum Gasteiger partial charge on any atom is 0.227 e. The number of nitrogens with one attached hydrogen (secondary N) is 1. The summed E-state index contributed by atoms with van der Waals surface area (Å²) in [4.78, 5) is 16.6. The highest BCUT2D eigenvalue weighted by molar-refractivity contribution is 5.90. The standard InChI is InChI=1S/C19H18FN3O/c1-14-7-8-21-18(11-14)22-19(24)13-17(23-9-2-3-10-23)15-5-4-6-16(20)12-15/h2-12,17H,13H2,1H3,(H,21,22,24)/t17-/m0/s1. The first kappa shape index (κ1) is 15.9. The molecular weight excluding hydrogens is 305 g/mol. The molecule has 0 radical (unpaired) electrons. The fraction of sp³-hybridized carbons (Fsp3) is 0.158. The third kappa shape index (κ3) is 3.87. The number of carbonyl (C=O) groups is 1. The Balaban J connectivity index is 1.80. The maximum absolute atomic E-state index is 13.6. The summed E-state index contributed by atoms with van der Waals surface area (Å²) in [6, 6.07) is 13.5. The first-order chi connectivity index (χ1) is 11.6. The molecule has 4 nitrogen and oxygen atoms in total. The van der Waals surface area contributed by atoms with Crippen molar-refractivity contribution in [3.05, 3.63) is 84.1 Å². The molecule has 2 aromatic heterocycles. The van der Waals surface area contributed by atoms with Gasteiger partial charge in [0.15, 0.2) is 0 Å². The Bertz CT molecular complexity index is 830. The van der Waals surface area contributed by atoms with Gasteiger partial charge in [0.05, 0.1) is 12.5 Å². The first-order valence-corrected chi connectivity index (χ1v) is 7.72. The molecule has 1 amide bonds. The van der Waals surface area contributed by atoms with Crippen LogP contribution in [0.5, 0.6) is 0 Å². The number of carbonyl (C=O) groups excluding carboxylic acids is 1. The second-order valence-electron chi connectivity index (χ2n) is 5.67. The van der Waals surface area contributed by atoms with E-state index in [0.717, 1.165) is 11.1 Å². The predicted octanol–water partition coefficient (Wildman–Crippen LogP) is 3.95. The minimum absolute atomic E-state index is 0.170. The van der Waals surface area contributed by atoms with Crippen LogP contribution in [0.15, 0.2) is 67.1 Å². The molecule has 1 atom stereocenters. The highest BCUT2D eigenvalue weighted by Crippen LogP contribution is 2.23. The summed E-state index contributed by atoms with van der Waals surface area (Å²) < 4.78 is 15.5. The monoisotopic (exact) mass is 323 g/mol. The number of rotatable bonds is 5. The fourth-order valence-corrected chi connectivity index (χ4v) is 2.64. The highest BCUT2D eigenvalue weighted by atomic mass is 19.1. The number of hydrogen-bond acceptors (Lipinski definition) is 2. The van der Waals surface area contributed by atoms with Crippen LogP contribution in [0.4, 0.5) is 10.2 Å². The van der Waals surface area contributed by atoms with Gasteiger partial charge in [-0.15, -0.1) is 0 Å². The van der Waals surface area contributed by atoms with E-state index in [0.29, 0.717) is 5.82 Å². The Hall–Kier alpha value is -2.95. The zero-order valence-corrected chi connectivity index (χ0v) is 13.3. The van der Waals surface area contributed by atoms with Gasteiger partial charge in [0.2, 0.25) is 5.91 Å². The Labute approximate surface area is 140 Å². The second kappa shape index (κ2) is 7.08. The van der Waals surface area contributed by atoms with E-state index in [2.05, 4.69) is 10.3 Å². The van der Waals surface area contributed by atoms with E-state index in [1.807, 2.05) is 54.2 Å². The SMILES string of the molecule is Cc1ccnc(NC(=O)C[C@@H](c2cccc(F)c2)n2cccc2)c1. The lowest BCUT2D eigenvalue weighted by atomic mass is 10.0. The Morgan fingerprint density at radius 2 is 2.00 bits per heavy atom. The van der Waals surface area contributed by atoms with Crippen LogP contribution in [-0.2, 0) is 4.79 Å². The molecule has 0 unspecified atom stereocenters. The van der Waals surface area contributed by atoms with Crippen molar-refractivity contribution < 1.29 is 9.18 Å². The molecule has 0 aliphatic carbocycles. The lowest BCUT2D eigenvalue weighted by Gasteiger charge is -2.19. The average molecular weight is 323 g/mol. The summed E-state index contributed by atoms with van der Waals surface area (Å²) in [5, 5.41) is 2.80. The van der Waals surface area contributed by atoms with Gasteiger partial charge in [-0.3, -0.25) is 4.79 Å². The van der Waals surface area contributed by atoms with Gasteiger partial charge < -0.3 is 9.88 Å². The molecule has 0 saturated carbocycles. The summed E-state index contributed by atoms with van der Waals surface area (Å²) in [7, 11) is 0. The van der Waals surface area contributed by atoms with Crippen LogP contribution in [0.1, 0.15) is 23.6 Å². The highest BCUT2D eigenvalue weighted by Gasteiger charge is 2.18. The maximum atomic E-state index is 13.6. The molecule has 122 valence electrons. The van der Waals surface area contributed by atoms with E-state index in [1.54, 1.807) is 12.3 Å². The molecule has 5 heteroatoms. The molecule has 3 rings (SSSR count). The van der Waals surface area contributed by atoms with Gasteiger partial charge >= 0.3 is 0 Å². The summed E-state index contributed by atoms with van der Waals surface area (Å²) >= 11 is 0. The van der Waals surface area contributed by atoms with Gasteiger partial charge in [-0.2, -0.15) is 0 Å². The summed E-state index contributed by atoms with van der Waals surface area (Å²) in [6.07, 6.45) is 5.58. The van der Waals surface area contributed by atoms with Crippen molar-refractivity contribution in [3.8, 4) is 0 Å². The van der Waals surface area contributed by atoms with Crippen LogP contribution >= 0.6 is 0 Å². The Morgan fingerprint density at radius 3 is 2.71 bits per heavy atom. The van der Waals surface area contributed by atoms with Crippen LogP contribution in [-0.4, -0.2) is 15.5 Å². The van der Waals surface area contributed by atoms with E-state index >= 15 is 0 Å². The molecule has 0 aliphatic heterocycles. The van der Waals surface area contributed by atoms with Crippen molar-refractivity contribution in [2.24, 2.45) is 0 Å². The zero-order chi connectivity index (χ0) is 16.9. The molecule has 0 saturated heterocycles. The number of amides is 1. The molecule has 2 heterocycles. The number of anilines is 1. The molecule has 0 aliphatic rings. The zero-order valence-electron chi connectivity index (χ0n) is 13.3. The lowest BCUT2D eigenvalue weighted by Crippen LogP contribution is -2.20. The van der Waals surface area contributed by atoms with Crippen molar-refractivity contribution in [3.63, 3.8) is 0 Å². The number of pyridine rings is 1. The summed E-state index contributed by atoms with van der Waals surface area (Å²) in [5.41, 5.74) is 1.77. The molecule has 0 fully saturated rings. The van der Waals surface area contributed by atoms with Crippen LogP contribution in [0.2, 0.25) is 0 Å². The third-order valence-electron chi connectivity index (χ3n) is 3.78. The van der Waals surface area contributed by atoms with Gasteiger partial charge in [0.25, 0.3) is 0 Å². The molecule has 0 bridgehead atoms. The van der Waals surface area contributed by atoms with Gasteiger partial charge in [-0.25, -0.2) is 9.37 Å². The lowest BCUT2D eigenvalue weighted by molar-refractivity contribution is -0.116. The van der Waals surface area contributed by atoms with Gasteiger partial charge in [0, 0.05) is 18.6 Å². The quantitative estimate of drug-likeness (QED) is 0.773. The van der Waals surface area contributed by atoms with Crippen LogP contribution < -0.4 is 5.32 Å². The van der Waals surface area contributed by atoms with Crippen molar-refractivity contribution in [2.75, 3.05) is 5.32 Å². The van der Waals surface area contributed by atoms with Crippen molar-refractivity contribution in [1.29, 1.82) is 0 Å². The molecule has 24 heavy (non-hydrogen) atoms. The number of aryl methyl sites for hydroxylation is 1. The van der Waals surface area contributed by atoms with E-state index in [1.165, 1.54) is 12.1 Å². The molecular formula is C19H18FN3O. The Kier molecular flexibility index (Phi) is 4.70. The number of nitrogens with zero attached hydrogens (tertiary/aromatic N) is 2. The van der Waals surface area contributed by atoms with Gasteiger partial charge in [0.1, 0.15) is 11.6 Å².